The van der Waals surface area contributed by atoms with Crippen molar-refractivity contribution in [2.45, 2.75) is 19.0 Å². The van der Waals surface area contributed by atoms with Crippen molar-refractivity contribution in [2.75, 3.05) is 4.90 Å². The summed E-state index contributed by atoms with van der Waals surface area (Å²) in [6, 6.07) is 15.0. The van der Waals surface area contributed by atoms with Gasteiger partial charge in [0.2, 0.25) is 0 Å². The fraction of sp³-hybridized carbons (Fsp3) is 0.158. The molecule has 4 rings (SSSR count). The highest BCUT2D eigenvalue weighted by Gasteiger charge is 2.41. The standard InChI is InChI=1S/C19H16FN3S2/c1-12-11-13(7-8-14(12)20)23-18(16-6-4-10-25-16)17(22-19(23)24)15-5-2-3-9-21-15/h2-11,17-18H,1H3,(H,22,24). The van der Waals surface area contributed by atoms with Crippen molar-refractivity contribution in [3.8, 4) is 0 Å². The molecule has 0 saturated carbocycles. The van der Waals surface area contributed by atoms with Crippen molar-refractivity contribution >= 4 is 34.4 Å². The summed E-state index contributed by atoms with van der Waals surface area (Å²) in [4.78, 5) is 7.76. The van der Waals surface area contributed by atoms with Gasteiger partial charge in [-0.1, -0.05) is 12.1 Å². The Hall–Kier alpha value is -2.31. The van der Waals surface area contributed by atoms with Gasteiger partial charge in [0.05, 0.1) is 17.8 Å². The maximum atomic E-state index is 13.7. The molecule has 25 heavy (non-hydrogen) atoms. The summed E-state index contributed by atoms with van der Waals surface area (Å²) in [6.45, 7) is 1.77. The van der Waals surface area contributed by atoms with E-state index in [-0.39, 0.29) is 17.9 Å². The van der Waals surface area contributed by atoms with E-state index in [0.717, 1.165) is 11.4 Å². The average Bonchev–Trinajstić information content (AvgIpc) is 3.25. The molecular weight excluding hydrogens is 353 g/mol. The molecular formula is C19H16FN3S2. The zero-order valence-corrected chi connectivity index (χ0v) is 15.2. The van der Waals surface area contributed by atoms with E-state index in [2.05, 4.69) is 26.6 Å². The monoisotopic (exact) mass is 369 g/mol. The van der Waals surface area contributed by atoms with Crippen molar-refractivity contribution in [1.82, 2.24) is 10.3 Å². The van der Waals surface area contributed by atoms with Gasteiger partial charge in [0.15, 0.2) is 5.11 Å². The number of aromatic nitrogens is 1. The molecule has 1 aliphatic heterocycles. The number of pyridine rings is 1. The molecule has 126 valence electrons. The molecule has 0 bridgehead atoms. The molecule has 2 aromatic heterocycles. The maximum absolute atomic E-state index is 13.7. The van der Waals surface area contributed by atoms with Crippen molar-refractivity contribution in [1.29, 1.82) is 0 Å². The van der Waals surface area contributed by atoms with E-state index in [1.807, 2.05) is 30.3 Å². The van der Waals surface area contributed by atoms with Crippen LogP contribution >= 0.6 is 23.6 Å². The SMILES string of the molecule is Cc1cc(N2C(=S)NC(c3ccccn3)C2c2cccs2)ccc1F. The quantitative estimate of drug-likeness (QED) is 0.673. The van der Waals surface area contributed by atoms with Gasteiger partial charge in [-0.15, -0.1) is 11.3 Å². The highest BCUT2D eigenvalue weighted by atomic mass is 32.1. The summed E-state index contributed by atoms with van der Waals surface area (Å²) < 4.78 is 13.7. The van der Waals surface area contributed by atoms with Crippen molar-refractivity contribution in [3.05, 3.63) is 82.1 Å². The van der Waals surface area contributed by atoms with Gasteiger partial charge in [0.25, 0.3) is 0 Å². The number of nitrogens with one attached hydrogen (secondary N) is 1. The minimum Gasteiger partial charge on any atom is -0.351 e. The van der Waals surface area contributed by atoms with E-state index in [9.17, 15) is 4.39 Å². The molecule has 3 heterocycles. The summed E-state index contributed by atoms with van der Waals surface area (Å²) in [5.74, 6) is -0.212. The summed E-state index contributed by atoms with van der Waals surface area (Å²) in [7, 11) is 0. The van der Waals surface area contributed by atoms with Crippen LogP contribution in [0.2, 0.25) is 0 Å². The Morgan fingerprint density at radius 3 is 2.76 bits per heavy atom. The molecule has 6 heteroatoms. The van der Waals surface area contributed by atoms with Crippen molar-refractivity contribution < 1.29 is 4.39 Å². The highest BCUT2D eigenvalue weighted by molar-refractivity contribution is 7.80. The number of thiophene rings is 1. The summed E-state index contributed by atoms with van der Waals surface area (Å²) in [5.41, 5.74) is 2.42. The number of benzene rings is 1. The molecule has 1 saturated heterocycles. The Morgan fingerprint density at radius 1 is 1.20 bits per heavy atom. The molecule has 0 spiro atoms. The van der Waals surface area contributed by atoms with E-state index in [4.69, 9.17) is 12.2 Å². The number of rotatable bonds is 3. The minimum atomic E-state index is -0.212. The predicted octanol–water partition coefficient (Wildman–Crippen LogP) is 4.77. The highest BCUT2D eigenvalue weighted by Crippen LogP contribution is 2.43. The Bertz CT molecular complexity index is 896. The largest absolute Gasteiger partial charge is 0.351 e. The van der Waals surface area contributed by atoms with Crippen LogP contribution in [0.15, 0.2) is 60.1 Å². The van der Waals surface area contributed by atoms with Gasteiger partial charge in [-0.25, -0.2) is 4.39 Å². The third-order valence-electron chi connectivity index (χ3n) is 4.35. The Kier molecular flexibility index (Phi) is 4.23. The van der Waals surface area contributed by atoms with Crippen LogP contribution in [0.3, 0.4) is 0 Å². The number of halogens is 1. The molecule has 0 radical (unpaired) electrons. The number of hydrogen-bond donors (Lipinski definition) is 1. The van der Waals surface area contributed by atoms with E-state index in [1.54, 1.807) is 30.5 Å². The summed E-state index contributed by atoms with van der Waals surface area (Å²) in [6.07, 6.45) is 1.79. The maximum Gasteiger partial charge on any atom is 0.174 e. The molecule has 1 aliphatic rings. The van der Waals surface area contributed by atoms with Gasteiger partial charge in [-0.05, 0) is 66.5 Å². The van der Waals surface area contributed by atoms with Gasteiger partial charge >= 0.3 is 0 Å². The van der Waals surface area contributed by atoms with Gasteiger partial charge in [0, 0.05) is 16.8 Å². The van der Waals surface area contributed by atoms with Crippen LogP contribution in [0.1, 0.15) is 28.2 Å². The second-order valence-electron chi connectivity index (χ2n) is 5.95. The molecule has 1 N–H and O–H groups in total. The normalized spacial score (nSPS) is 19.9. The zero-order valence-electron chi connectivity index (χ0n) is 13.5. The number of hydrogen-bond acceptors (Lipinski definition) is 3. The first kappa shape index (κ1) is 16.2. The number of thiocarbonyl (C=S) groups is 1. The molecule has 0 aliphatic carbocycles. The second kappa shape index (κ2) is 6.54. The Balaban J connectivity index is 1.82. The number of nitrogens with zero attached hydrogens (tertiary/aromatic N) is 2. The van der Waals surface area contributed by atoms with Gasteiger partial charge in [0.1, 0.15) is 5.82 Å². The summed E-state index contributed by atoms with van der Waals surface area (Å²) >= 11 is 7.31. The van der Waals surface area contributed by atoms with Crippen LogP contribution in [-0.4, -0.2) is 10.1 Å². The molecule has 2 atom stereocenters. The van der Waals surface area contributed by atoms with Crippen molar-refractivity contribution in [3.63, 3.8) is 0 Å². The molecule has 3 aromatic rings. The topological polar surface area (TPSA) is 28.2 Å². The molecule has 2 unspecified atom stereocenters. The van der Waals surface area contributed by atoms with E-state index in [1.165, 1.54) is 10.9 Å². The fourth-order valence-electron chi connectivity index (χ4n) is 3.16. The van der Waals surface area contributed by atoms with E-state index < -0.39 is 0 Å². The smallest absolute Gasteiger partial charge is 0.174 e. The third kappa shape index (κ3) is 2.92. The van der Waals surface area contributed by atoms with Crippen LogP contribution in [0.25, 0.3) is 0 Å². The van der Waals surface area contributed by atoms with Crippen LogP contribution in [-0.2, 0) is 0 Å². The Morgan fingerprint density at radius 2 is 2.08 bits per heavy atom. The lowest BCUT2D eigenvalue weighted by atomic mass is 10.0. The first-order chi connectivity index (χ1) is 12.1. The van der Waals surface area contributed by atoms with Crippen molar-refractivity contribution in [2.24, 2.45) is 0 Å². The van der Waals surface area contributed by atoms with Gasteiger partial charge < -0.3 is 10.2 Å². The lowest BCUT2D eigenvalue weighted by Crippen LogP contribution is -2.29. The lowest BCUT2D eigenvalue weighted by Gasteiger charge is -2.27. The Labute approximate surface area is 155 Å². The van der Waals surface area contributed by atoms with Crippen LogP contribution < -0.4 is 10.2 Å². The minimum absolute atomic E-state index is 0.0211. The van der Waals surface area contributed by atoms with Gasteiger partial charge in [-0.3, -0.25) is 4.98 Å². The van der Waals surface area contributed by atoms with Gasteiger partial charge in [-0.2, -0.15) is 0 Å². The van der Waals surface area contributed by atoms with Crippen LogP contribution in [0.4, 0.5) is 10.1 Å². The third-order valence-corrected chi connectivity index (χ3v) is 5.61. The molecule has 0 amide bonds. The number of aryl methyl sites for hydroxylation is 1. The summed E-state index contributed by atoms with van der Waals surface area (Å²) in [5, 5.41) is 6.08. The van der Waals surface area contributed by atoms with E-state index in [0.29, 0.717) is 10.7 Å². The fourth-order valence-corrected chi connectivity index (χ4v) is 4.36. The average molecular weight is 369 g/mol. The number of anilines is 1. The first-order valence-electron chi connectivity index (χ1n) is 7.95. The zero-order chi connectivity index (χ0) is 17.4. The molecule has 1 aromatic carbocycles. The van der Waals surface area contributed by atoms with Crippen LogP contribution in [0, 0.1) is 12.7 Å². The second-order valence-corrected chi connectivity index (χ2v) is 7.31. The first-order valence-corrected chi connectivity index (χ1v) is 9.24. The molecule has 3 nitrogen and oxygen atoms in total. The lowest BCUT2D eigenvalue weighted by molar-refractivity contribution is 0.574. The predicted molar refractivity (Wildman–Crippen MR) is 103 cm³/mol. The van der Waals surface area contributed by atoms with E-state index >= 15 is 0 Å². The molecule has 1 fully saturated rings. The van der Waals surface area contributed by atoms with Crippen LogP contribution in [0.5, 0.6) is 0 Å².